The van der Waals surface area contributed by atoms with Crippen molar-refractivity contribution in [3.8, 4) is 5.75 Å². The van der Waals surface area contributed by atoms with Crippen molar-refractivity contribution in [2.45, 2.75) is 31.9 Å². The number of rotatable bonds is 9. The number of hydrogen-bond donors (Lipinski definition) is 2. The molecule has 3 aromatic carbocycles. The Bertz CT molecular complexity index is 1210. The summed E-state index contributed by atoms with van der Waals surface area (Å²) >= 11 is 1.45. The van der Waals surface area contributed by atoms with Gasteiger partial charge in [0, 0.05) is 11.3 Å². The Hall–Kier alpha value is -3.51. The molecule has 174 valence electrons. The molecule has 4 nitrogen and oxygen atoms in total. The molecule has 0 aromatic heterocycles. The van der Waals surface area contributed by atoms with Crippen molar-refractivity contribution in [2.75, 3.05) is 5.32 Å². The Kier molecular flexibility index (Phi) is 7.70. The molecule has 34 heavy (non-hydrogen) atoms. The zero-order valence-electron chi connectivity index (χ0n) is 19.0. The van der Waals surface area contributed by atoms with Crippen molar-refractivity contribution in [3.05, 3.63) is 112 Å². The highest BCUT2D eigenvalue weighted by Crippen LogP contribution is 2.31. The molecule has 1 saturated heterocycles. The molecular formula is C28H27FN2O2S. The maximum atomic E-state index is 13.9. The van der Waals surface area contributed by atoms with Crippen LogP contribution >= 0.6 is 11.8 Å². The van der Waals surface area contributed by atoms with Crippen LogP contribution in [0.4, 0.5) is 10.1 Å². The van der Waals surface area contributed by atoms with Crippen molar-refractivity contribution in [1.82, 2.24) is 5.32 Å². The minimum atomic E-state index is -0.289. The van der Waals surface area contributed by atoms with Crippen LogP contribution in [0.3, 0.4) is 0 Å². The molecule has 3 aromatic rings. The summed E-state index contributed by atoms with van der Waals surface area (Å²) in [6.45, 7) is 6.09. The van der Waals surface area contributed by atoms with Gasteiger partial charge in [-0.2, -0.15) is 0 Å². The molecule has 0 saturated carbocycles. The van der Waals surface area contributed by atoms with Crippen LogP contribution in [0.15, 0.2) is 84.3 Å². The van der Waals surface area contributed by atoms with Crippen LogP contribution in [-0.2, 0) is 24.2 Å². The lowest BCUT2D eigenvalue weighted by molar-refractivity contribution is -0.116. The quantitative estimate of drug-likeness (QED) is 0.282. The first kappa shape index (κ1) is 23.6. The molecule has 4 rings (SSSR count). The van der Waals surface area contributed by atoms with Crippen LogP contribution < -0.4 is 15.4 Å². The van der Waals surface area contributed by atoms with Gasteiger partial charge in [-0.05, 0) is 65.9 Å². The van der Waals surface area contributed by atoms with Gasteiger partial charge in [0.25, 0.3) is 5.91 Å². The van der Waals surface area contributed by atoms with Crippen molar-refractivity contribution in [2.24, 2.45) is 0 Å². The molecular weight excluding hydrogens is 447 g/mol. The number of anilines is 1. The molecule has 1 fully saturated rings. The summed E-state index contributed by atoms with van der Waals surface area (Å²) in [7, 11) is 0. The van der Waals surface area contributed by atoms with Gasteiger partial charge in [-0.1, -0.05) is 61.2 Å². The normalized spacial score (nSPS) is 16.4. The number of hydrogen-bond acceptors (Lipinski definition) is 4. The van der Waals surface area contributed by atoms with Crippen molar-refractivity contribution in [3.63, 3.8) is 0 Å². The third kappa shape index (κ3) is 5.88. The maximum absolute atomic E-state index is 13.9. The van der Waals surface area contributed by atoms with Gasteiger partial charge < -0.3 is 15.4 Å². The van der Waals surface area contributed by atoms with Crippen LogP contribution in [0, 0.1) is 5.82 Å². The molecule has 1 aliphatic rings. The van der Waals surface area contributed by atoms with E-state index in [4.69, 9.17) is 4.74 Å². The summed E-state index contributed by atoms with van der Waals surface area (Å²) in [5.74, 6) is 0.268. The highest BCUT2D eigenvalue weighted by molar-refractivity contribution is 8.05. The molecule has 1 amide bonds. The third-order valence-corrected chi connectivity index (χ3v) is 6.51. The van der Waals surface area contributed by atoms with Gasteiger partial charge in [0.1, 0.15) is 18.2 Å². The van der Waals surface area contributed by atoms with E-state index in [1.807, 2.05) is 36.4 Å². The van der Waals surface area contributed by atoms with Crippen LogP contribution in [0.2, 0.25) is 0 Å². The molecule has 0 unspecified atom stereocenters. The molecule has 2 N–H and O–H groups in total. The van der Waals surface area contributed by atoms with Gasteiger partial charge >= 0.3 is 0 Å². The van der Waals surface area contributed by atoms with Gasteiger partial charge in [0.2, 0.25) is 0 Å². The minimum absolute atomic E-state index is 0.113. The van der Waals surface area contributed by atoms with Crippen molar-refractivity contribution in [1.29, 1.82) is 0 Å². The van der Waals surface area contributed by atoms with E-state index in [2.05, 4.69) is 36.3 Å². The lowest BCUT2D eigenvalue weighted by Crippen LogP contribution is -2.30. The maximum Gasteiger partial charge on any atom is 0.260 e. The Balaban J connectivity index is 1.45. The monoisotopic (exact) mass is 474 g/mol. The highest BCUT2D eigenvalue weighted by atomic mass is 32.2. The number of carbonyl (C=O) groups excluding carboxylic acids is 1. The van der Waals surface area contributed by atoms with E-state index in [1.165, 1.54) is 23.4 Å². The first-order valence-electron chi connectivity index (χ1n) is 11.2. The molecule has 6 heteroatoms. The molecule has 1 atom stereocenters. The van der Waals surface area contributed by atoms with Gasteiger partial charge in [0.05, 0.1) is 4.91 Å². The summed E-state index contributed by atoms with van der Waals surface area (Å²) in [6.07, 6.45) is 5.25. The Morgan fingerprint density at radius 2 is 1.91 bits per heavy atom. The Morgan fingerprint density at radius 1 is 1.12 bits per heavy atom. The minimum Gasteiger partial charge on any atom is -0.489 e. The fourth-order valence-electron chi connectivity index (χ4n) is 3.62. The molecule has 1 heterocycles. The molecule has 0 aliphatic carbocycles. The number of aryl methyl sites for hydroxylation is 1. The third-order valence-electron chi connectivity index (χ3n) is 5.48. The summed E-state index contributed by atoms with van der Waals surface area (Å²) in [4.78, 5) is 13.2. The number of amides is 1. The second kappa shape index (κ2) is 11.1. The van der Waals surface area contributed by atoms with E-state index in [1.54, 1.807) is 24.3 Å². The van der Waals surface area contributed by atoms with Crippen LogP contribution in [0.25, 0.3) is 6.08 Å². The number of carbonyl (C=O) groups is 1. The molecule has 0 spiro atoms. The number of thioether (sulfide) groups is 1. The molecule has 1 aliphatic heterocycles. The summed E-state index contributed by atoms with van der Waals surface area (Å²) < 4.78 is 19.8. The van der Waals surface area contributed by atoms with E-state index in [9.17, 15) is 9.18 Å². The summed E-state index contributed by atoms with van der Waals surface area (Å²) in [5.41, 5.74) is 4.31. The lowest BCUT2D eigenvalue weighted by Gasteiger charge is -2.13. The predicted octanol–water partition coefficient (Wildman–Crippen LogP) is 6.30. The number of ether oxygens (including phenoxy) is 1. The van der Waals surface area contributed by atoms with E-state index in [0.29, 0.717) is 22.6 Å². The predicted molar refractivity (Wildman–Crippen MR) is 138 cm³/mol. The smallest absolute Gasteiger partial charge is 0.260 e. The number of nitrogens with one attached hydrogen (secondary N) is 2. The number of benzene rings is 3. The first-order valence-corrected chi connectivity index (χ1v) is 12.1. The standard InChI is InChI=1S/C28H27FN2O2S/c1-3-7-21-16-20(12-15-25(21)33-18-22-8-5-6-9-24(22)29)17-26-27(32)31-28(34-26)30-23-13-10-19(4-2)11-14-23/h3,5-6,8-17,28,30H,1,4,7,18H2,2H3,(H,31,32)/b26-17-/t28-/m0/s1. The van der Waals surface area contributed by atoms with Crippen molar-refractivity contribution < 1.29 is 13.9 Å². The van der Waals surface area contributed by atoms with Gasteiger partial charge in [0.15, 0.2) is 5.50 Å². The second-order valence-electron chi connectivity index (χ2n) is 7.91. The van der Waals surface area contributed by atoms with E-state index >= 15 is 0 Å². The van der Waals surface area contributed by atoms with E-state index in [-0.39, 0.29) is 23.8 Å². The zero-order valence-corrected chi connectivity index (χ0v) is 19.8. The fourth-order valence-corrected chi connectivity index (χ4v) is 4.61. The van der Waals surface area contributed by atoms with E-state index < -0.39 is 0 Å². The summed E-state index contributed by atoms with van der Waals surface area (Å²) in [6, 6.07) is 20.5. The number of halogens is 1. The molecule has 0 bridgehead atoms. The second-order valence-corrected chi connectivity index (χ2v) is 9.06. The summed E-state index contributed by atoms with van der Waals surface area (Å²) in [5, 5.41) is 6.31. The Morgan fingerprint density at radius 3 is 2.65 bits per heavy atom. The SMILES string of the molecule is C=CCc1cc(/C=C2\S[C@@H](Nc3ccc(CC)cc3)NC2=O)ccc1OCc1ccccc1F. The molecule has 0 radical (unpaired) electrons. The van der Waals surface area contributed by atoms with Gasteiger partial charge in [-0.3, -0.25) is 4.79 Å². The fraction of sp³-hybridized carbons (Fsp3) is 0.179. The van der Waals surface area contributed by atoms with Crippen LogP contribution in [-0.4, -0.2) is 11.4 Å². The first-order chi connectivity index (χ1) is 16.6. The van der Waals surface area contributed by atoms with Crippen LogP contribution in [0.5, 0.6) is 5.75 Å². The lowest BCUT2D eigenvalue weighted by atomic mass is 10.1. The Labute approximate surface area is 203 Å². The number of allylic oxidation sites excluding steroid dienone is 1. The van der Waals surface area contributed by atoms with Gasteiger partial charge in [-0.15, -0.1) is 6.58 Å². The average Bonchev–Trinajstić information content (AvgIpc) is 3.18. The zero-order chi connectivity index (χ0) is 23.9. The van der Waals surface area contributed by atoms with Gasteiger partial charge in [-0.25, -0.2) is 4.39 Å². The van der Waals surface area contributed by atoms with E-state index in [0.717, 1.165) is 23.2 Å². The van der Waals surface area contributed by atoms with Crippen molar-refractivity contribution >= 4 is 29.4 Å². The topological polar surface area (TPSA) is 50.4 Å². The average molecular weight is 475 g/mol. The largest absolute Gasteiger partial charge is 0.489 e. The van der Waals surface area contributed by atoms with Crippen LogP contribution in [0.1, 0.15) is 29.2 Å². The highest BCUT2D eigenvalue weighted by Gasteiger charge is 2.27.